The fourth-order valence-electron chi connectivity index (χ4n) is 2.50. The van der Waals surface area contributed by atoms with E-state index in [4.69, 9.17) is 4.74 Å². The van der Waals surface area contributed by atoms with Crippen molar-refractivity contribution in [1.82, 2.24) is 9.97 Å². The summed E-state index contributed by atoms with van der Waals surface area (Å²) < 4.78 is 5.82. The Hall–Kier alpha value is -1.16. The zero-order chi connectivity index (χ0) is 11.7. The molecule has 2 heterocycles. The molecule has 0 bridgehead atoms. The van der Waals surface area contributed by atoms with Crippen LogP contribution in [0.15, 0.2) is 12.4 Å². The van der Waals surface area contributed by atoms with Gasteiger partial charge in [0.15, 0.2) is 0 Å². The van der Waals surface area contributed by atoms with Crippen molar-refractivity contribution in [3.05, 3.63) is 18.1 Å². The number of aromatic nitrogens is 2. The molecule has 4 nitrogen and oxygen atoms in total. The average Bonchev–Trinajstić information content (AvgIpc) is 3.13. The maximum absolute atomic E-state index is 5.82. The van der Waals surface area contributed by atoms with Crippen molar-refractivity contribution in [2.24, 2.45) is 5.92 Å². The number of rotatable bonds is 3. The highest BCUT2D eigenvalue weighted by Gasteiger charge is 2.35. The van der Waals surface area contributed by atoms with Gasteiger partial charge in [-0.1, -0.05) is 0 Å². The van der Waals surface area contributed by atoms with E-state index >= 15 is 0 Å². The first kappa shape index (κ1) is 11.0. The van der Waals surface area contributed by atoms with Crippen molar-refractivity contribution in [1.29, 1.82) is 0 Å². The van der Waals surface area contributed by atoms with Crippen LogP contribution in [0.2, 0.25) is 0 Å². The number of ether oxygens (including phenoxy) is 1. The molecule has 1 aromatic rings. The van der Waals surface area contributed by atoms with Gasteiger partial charge in [0.05, 0.1) is 18.0 Å². The molecule has 2 atom stereocenters. The molecule has 0 spiro atoms. The molecule has 0 amide bonds. The highest BCUT2D eigenvalue weighted by atomic mass is 16.5. The molecule has 4 heteroatoms. The molecule has 1 aromatic heterocycles. The van der Waals surface area contributed by atoms with Crippen LogP contribution >= 0.6 is 0 Å². The third kappa shape index (κ3) is 2.75. The Kier molecular flexibility index (Phi) is 2.97. The van der Waals surface area contributed by atoms with Gasteiger partial charge in [-0.3, -0.25) is 4.98 Å². The van der Waals surface area contributed by atoms with E-state index in [1.807, 2.05) is 6.92 Å². The molecule has 2 unspecified atom stereocenters. The van der Waals surface area contributed by atoms with Gasteiger partial charge < -0.3 is 10.1 Å². The highest BCUT2D eigenvalue weighted by molar-refractivity contribution is 5.33. The lowest BCUT2D eigenvalue weighted by atomic mass is 10.0. The maximum atomic E-state index is 5.82. The molecule has 92 valence electrons. The molecule has 1 aliphatic heterocycles. The van der Waals surface area contributed by atoms with E-state index in [2.05, 4.69) is 15.3 Å². The molecule has 2 fully saturated rings. The first-order chi connectivity index (χ1) is 8.31. The minimum atomic E-state index is 0.471. The molecular formula is C13H19N3O. The van der Waals surface area contributed by atoms with E-state index in [0.717, 1.165) is 36.9 Å². The van der Waals surface area contributed by atoms with Crippen molar-refractivity contribution >= 4 is 5.82 Å². The van der Waals surface area contributed by atoms with Gasteiger partial charge in [0.25, 0.3) is 0 Å². The maximum Gasteiger partial charge on any atom is 0.145 e. The van der Waals surface area contributed by atoms with Gasteiger partial charge >= 0.3 is 0 Å². The summed E-state index contributed by atoms with van der Waals surface area (Å²) in [5, 5.41) is 3.48. The van der Waals surface area contributed by atoms with Crippen LogP contribution in [0.1, 0.15) is 31.4 Å². The Morgan fingerprint density at radius 3 is 2.94 bits per heavy atom. The molecule has 0 radical (unpaired) electrons. The van der Waals surface area contributed by atoms with Crippen molar-refractivity contribution < 1.29 is 4.74 Å². The average molecular weight is 233 g/mol. The van der Waals surface area contributed by atoms with Gasteiger partial charge in [-0.2, -0.15) is 0 Å². The molecule has 1 N–H and O–H groups in total. The second kappa shape index (κ2) is 4.61. The Morgan fingerprint density at radius 2 is 2.18 bits per heavy atom. The van der Waals surface area contributed by atoms with Crippen molar-refractivity contribution in [2.75, 3.05) is 11.9 Å². The summed E-state index contributed by atoms with van der Waals surface area (Å²) in [7, 11) is 0. The van der Waals surface area contributed by atoms with Crippen molar-refractivity contribution in [3.8, 4) is 0 Å². The number of nitrogens with zero attached hydrogens (tertiary/aromatic N) is 2. The van der Waals surface area contributed by atoms with Crippen molar-refractivity contribution in [3.63, 3.8) is 0 Å². The molecule has 0 aromatic carbocycles. The van der Waals surface area contributed by atoms with Crippen molar-refractivity contribution in [2.45, 2.75) is 44.8 Å². The molecule has 1 aliphatic carbocycles. The number of hydrogen-bond donors (Lipinski definition) is 1. The largest absolute Gasteiger partial charge is 0.378 e. The van der Waals surface area contributed by atoms with Gasteiger partial charge in [-0.15, -0.1) is 0 Å². The fourth-order valence-corrected chi connectivity index (χ4v) is 2.50. The third-order valence-corrected chi connectivity index (χ3v) is 3.57. The lowest BCUT2D eigenvalue weighted by Crippen LogP contribution is -2.35. The van der Waals surface area contributed by atoms with Crippen LogP contribution in [0.3, 0.4) is 0 Å². The Labute approximate surface area is 102 Å². The molecule has 2 aliphatic rings. The summed E-state index contributed by atoms with van der Waals surface area (Å²) in [4.78, 5) is 8.60. The van der Waals surface area contributed by atoms with Crippen LogP contribution in [0, 0.1) is 12.8 Å². The standard InChI is InChI=1S/C13H19N3O/c1-9-7-14-8-13(15-9)16-11-4-5-17-12(6-11)10-2-3-10/h7-8,10-12H,2-6H2,1H3,(H,15,16). The third-order valence-electron chi connectivity index (χ3n) is 3.57. The van der Waals surface area contributed by atoms with E-state index in [1.165, 1.54) is 12.8 Å². The highest BCUT2D eigenvalue weighted by Crippen LogP contribution is 2.38. The molecule has 3 rings (SSSR count). The SMILES string of the molecule is Cc1cncc(NC2CCOC(C3CC3)C2)n1. The molecule has 17 heavy (non-hydrogen) atoms. The lowest BCUT2D eigenvalue weighted by molar-refractivity contribution is -0.00223. The zero-order valence-electron chi connectivity index (χ0n) is 10.2. The van der Waals surface area contributed by atoms with E-state index < -0.39 is 0 Å². The molecule has 1 saturated carbocycles. The number of aryl methyl sites for hydroxylation is 1. The zero-order valence-corrected chi connectivity index (χ0v) is 10.2. The number of anilines is 1. The van der Waals surface area contributed by atoms with Crippen LogP contribution in [0.4, 0.5) is 5.82 Å². The normalized spacial score (nSPS) is 29.0. The van der Waals surface area contributed by atoms with Gasteiger partial charge in [0.1, 0.15) is 5.82 Å². The second-order valence-corrected chi connectivity index (χ2v) is 5.16. The minimum Gasteiger partial charge on any atom is -0.378 e. The van der Waals surface area contributed by atoms with E-state index in [0.29, 0.717) is 12.1 Å². The number of hydrogen-bond acceptors (Lipinski definition) is 4. The van der Waals surface area contributed by atoms with Gasteiger partial charge in [-0.25, -0.2) is 4.98 Å². The quantitative estimate of drug-likeness (QED) is 0.869. The Morgan fingerprint density at radius 1 is 1.29 bits per heavy atom. The number of nitrogens with one attached hydrogen (secondary N) is 1. The van der Waals surface area contributed by atoms with Crippen LogP contribution < -0.4 is 5.32 Å². The summed E-state index contributed by atoms with van der Waals surface area (Å²) in [5.41, 5.74) is 0.959. The van der Waals surface area contributed by atoms with Crippen LogP contribution in [-0.4, -0.2) is 28.7 Å². The van der Waals surface area contributed by atoms with Gasteiger partial charge in [0, 0.05) is 18.8 Å². The monoisotopic (exact) mass is 233 g/mol. The molecular weight excluding hydrogens is 214 g/mol. The minimum absolute atomic E-state index is 0.471. The topological polar surface area (TPSA) is 47.0 Å². The summed E-state index contributed by atoms with van der Waals surface area (Å²) in [6.07, 6.45) is 8.93. The summed E-state index contributed by atoms with van der Waals surface area (Å²) in [5.74, 6) is 1.72. The summed E-state index contributed by atoms with van der Waals surface area (Å²) in [6, 6.07) is 0.491. The van der Waals surface area contributed by atoms with Gasteiger partial charge in [0.2, 0.25) is 0 Å². The lowest BCUT2D eigenvalue weighted by Gasteiger charge is -2.30. The Bertz CT molecular complexity index is 392. The van der Waals surface area contributed by atoms with E-state index in [-0.39, 0.29) is 0 Å². The van der Waals surface area contributed by atoms with Crippen LogP contribution in [0.5, 0.6) is 0 Å². The Balaban J connectivity index is 1.60. The van der Waals surface area contributed by atoms with Crippen LogP contribution in [-0.2, 0) is 4.74 Å². The van der Waals surface area contributed by atoms with E-state index in [9.17, 15) is 0 Å². The predicted octanol–water partition coefficient (Wildman–Crippen LogP) is 2.15. The second-order valence-electron chi connectivity index (χ2n) is 5.16. The first-order valence-corrected chi connectivity index (χ1v) is 6.48. The van der Waals surface area contributed by atoms with Gasteiger partial charge in [-0.05, 0) is 38.5 Å². The van der Waals surface area contributed by atoms with E-state index in [1.54, 1.807) is 12.4 Å². The smallest absolute Gasteiger partial charge is 0.145 e. The first-order valence-electron chi connectivity index (χ1n) is 6.48. The summed E-state index contributed by atoms with van der Waals surface area (Å²) in [6.45, 7) is 2.84. The summed E-state index contributed by atoms with van der Waals surface area (Å²) >= 11 is 0. The fraction of sp³-hybridized carbons (Fsp3) is 0.692. The predicted molar refractivity (Wildman–Crippen MR) is 65.9 cm³/mol. The molecule has 1 saturated heterocycles. The van der Waals surface area contributed by atoms with Crippen LogP contribution in [0.25, 0.3) is 0 Å².